The van der Waals surface area contributed by atoms with Crippen LogP contribution >= 0.6 is 11.6 Å². The van der Waals surface area contributed by atoms with Gasteiger partial charge in [-0.3, -0.25) is 14.8 Å². The van der Waals surface area contributed by atoms with Crippen LogP contribution in [0.5, 0.6) is 0 Å². The lowest BCUT2D eigenvalue weighted by molar-refractivity contribution is -0.134. The number of piperidine rings is 1. The average Bonchev–Trinajstić information content (AvgIpc) is 3.03. The summed E-state index contributed by atoms with van der Waals surface area (Å²) in [6.45, 7) is 5.21. The maximum absolute atomic E-state index is 13.1. The minimum absolute atomic E-state index is 0.154. The first-order valence-electron chi connectivity index (χ1n) is 8.04. The van der Waals surface area contributed by atoms with Gasteiger partial charge in [0.25, 0.3) is 11.5 Å². The van der Waals surface area contributed by atoms with Crippen LogP contribution in [-0.2, 0) is 16.1 Å². The molecule has 2 fully saturated rings. The predicted octanol–water partition coefficient (Wildman–Crippen LogP) is 1.48. The highest BCUT2D eigenvalue weighted by atomic mass is 35.5. The summed E-state index contributed by atoms with van der Waals surface area (Å²) in [5, 5.41) is 7.26. The number of carbonyl (C=O) groups excluding carboxylic acids is 1. The molecule has 0 bridgehead atoms. The molecule has 0 saturated carbocycles. The first-order valence-corrected chi connectivity index (χ1v) is 8.48. The number of hydrogen-bond donors (Lipinski definition) is 1. The van der Waals surface area contributed by atoms with Gasteiger partial charge >= 0.3 is 0 Å². The summed E-state index contributed by atoms with van der Waals surface area (Å²) in [6.07, 6.45) is 3.66. The van der Waals surface area contributed by atoms with Crippen molar-refractivity contribution in [1.29, 1.82) is 0 Å². The third-order valence-electron chi connectivity index (χ3n) is 4.58. The van der Waals surface area contributed by atoms with Crippen LogP contribution < -0.4 is 0 Å². The molecular weight excluding hydrogens is 323 g/mol. The molecule has 2 aliphatic rings. The smallest absolute Gasteiger partial charge is 0.272 e. The lowest BCUT2D eigenvalue weighted by atomic mass is 9.92. The molecule has 8 heteroatoms. The van der Waals surface area contributed by atoms with E-state index in [1.165, 1.54) is 4.90 Å². The summed E-state index contributed by atoms with van der Waals surface area (Å²) >= 11 is 5.30. The van der Waals surface area contributed by atoms with Crippen molar-refractivity contribution in [2.75, 3.05) is 39.4 Å². The van der Waals surface area contributed by atoms with E-state index in [1.807, 2.05) is 6.20 Å². The molecule has 2 unspecified atom stereocenters. The Morgan fingerprint density at radius 2 is 2.26 bits per heavy atom. The van der Waals surface area contributed by atoms with E-state index >= 15 is 0 Å². The lowest BCUT2D eigenvalue weighted by Crippen LogP contribution is -2.42. The number of alkyl halides is 2. The minimum Gasteiger partial charge on any atom is -0.379 e. The van der Waals surface area contributed by atoms with E-state index in [4.69, 9.17) is 16.3 Å². The van der Waals surface area contributed by atoms with E-state index in [9.17, 15) is 9.18 Å². The number of aromatic nitrogens is 2. The number of aromatic amines is 1. The SMILES string of the molecule is O=C(C(F)Cl)N1CCCC(c2[nH]ncc2CN2CCOCC2)C1. The van der Waals surface area contributed by atoms with Gasteiger partial charge in [-0.2, -0.15) is 5.10 Å². The largest absolute Gasteiger partial charge is 0.379 e. The summed E-state index contributed by atoms with van der Waals surface area (Å²) in [5.41, 5.74) is 0.246. The lowest BCUT2D eigenvalue weighted by Gasteiger charge is -2.33. The van der Waals surface area contributed by atoms with Crippen LogP contribution in [0.3, 0.4) is 0 Å². The van der Waals surface area contributed by atoms with Gasteiger partial charge in [-0.1, -0.05) is 11.6 Å². The van der Waals surface area contributed by atoms with E-state index < -0.39 is 11.5 Å². The van der Waals surface area contributed by atoms with Gasteiger partial charge in [-0.15, -0.1) is 0 Å². The number of rotatable bonds is 4. The normalized spacial score (nSPS) is 24.6. The summed E-state index contributed by atoms with van der Waals surface area (Å²) in [7, 11) is 0. The zero-order valence-electron chi connectivity index (χ0n) is 13.0. The second-order valence-electron chi connectivity index (χ2n) is 6.12. The van der Waals surface area contributed by atoms with Crippen LogP contribution in [0.15, 0.2) is 6.20 Å². The van der Waals surface area contributed by atoms with E-state index in [0.29, 0.717) is 13.1 Å². The van der Waals surface area contributed by atoms with Crippen molar-refractivity contribution in [2.45, 2.75) is 30.9 Å². The molecule has 1 amide bonds. The fourth-order valence-electron chi connectivity index (χ4n) is 3.35. The van der Waals surface area contributed by atoms with E-state index in [2.05, 4.69) is 15.1 Å². The molecule has 0 aromatic carbocycles. The van der Waals surface area contributed by atoms with Gasteiger partial charge < -0.3 is 9.64 Å². The van der Waals surface area contributed by atoms with Crippen LogP contribution in [0.25, 0.3) is 0 Å². The van der Waals surface area contributed by atoms with Gasteiger partial charge in [0, 0.05) is 49.9 Å². The Labute approximate surface area is 139 Å². The molecule has 1 N–H and O–H groups in total. The van der Waals surface area contributed by atoms with Gasteiger partial charge in [-0.25, -0.2) is 4.39 Å². The van der Waals surface area contributed by atoms with Crippen molar-refractivity contribution < 1.29 is 13.9 Å². The summed E-state index contributed by atoms with van der Waals surface area (Å²) in [4.78, 5) is 15.6. The number of nitrogens with zero attached hydrogens (tertiary/aromatic N) is 3. The second kappa shape index (κ2) is 7.59. The number of nitrogens with one attached hydrogen (secondary N) is 1. The zero-order chi connectivity index (χ0) is 16.2. The third-order valence-corrected chi connectivity index (χ3v) is 4.76. The van der Waals surface area contributed by atoms with E-state index in [-0.39, 0.29) is 5.92 Å². The molecule has 128 valence electrons. The molecule has 3 rings (SSSR count). The summed E-state index contributed by atoms with van der Waals surface area (Å²) < 4.78 is 18.4. The molecule has 6 nitrogen and oxygen atoms in total. The molecule has 2 atom stereocenters. The maximum atomic E-state index is 13.1. The van der Waals surface area contributed by atoms with Gasteiger partial charge in [-0.05, 0) is 12.8 Å². The van der Waals surface area contributed by atoms with Crippen LogP contribution in [0, 0.1) is 0 Å². The topological polar surface area (TPSA) is 61.5 Å². The highest BCUT2D eigenvalue weighted by Gasteiger charge is 2.30. The fourth-order valence-corrected chi connectivity index (χ4v) is 3.49. The number of H-pyrrole nitrogens is 1. The average molecular weight is 345 g/mol. The summed E-state index contributed by atoms with van der Waals surface area (Å²) in [5.74, 6) is -0.479. The maximum Gasteiger partial charge on any atom is 0.272 e. The molecule has 3 heterocycles. The van der Waals surface area contributed by atoms with Gasteiger partial charge in [0.15, 0.2) is 0 Å². The number of morpholine rings is 1. The predicted molar refractivity (Wildman–Crippen MR) is 84.0 cm³/mol. The second-order valence-corrected chi connectivity index (χ2v) is 6.50. The number of ether oxygens (including phenoxy) is 1. The van der Waals surface area contributed by atoms with Gasteiger partial charge in [0.2, 0.25) is 0 Å². The number of halogens is 2. The highest BCUT2D eigenvalue weighted by Crippen LogP contribution is 2.29. The molecule has 0 spiro atoms. The molecule has 23 heavy (non-hydrogen) atoms. The quantitative estimate of drug-likeness (QED) is 0.840. The highest BCUT2D eigenvalue weighted by molar-refractivity contribution is 6.29. The first kappa shape index (κ1) is 16.7. The summed E-state index contributed by atoms with van der Waals surface area (Å²) in [6, 6.07) is 0. The van der Waals surface area contributed by atoms with Crippen molar-refractivity contribution >= 4 is 17.5 Å². The number of hydrogen-bond acceptors (Lipinski definition) is 4. The molecule has 1 aromatic heterocycles. The van der Waals surface area contributed by atoms with Gasteiger partial charge in [0.05, 0.1) is 19.4 Å². The van der Waals surface area contributed by atoms with Crippen LogP contribution in [0.2, 0.25) is 0 Å². The van der Waals surface area contributed by atoms with E-state index in [0.717, 1.165) is 56.9 Å². The van der Waals surface area contributed by atoms with E-state index in [1.54, 1.807) is 0 Å². The Hall–Kier alpha value is -1.18. The van der Waals surface area contributed by atoms with Crippen LogP contribution in [0.4, 0.5) is 4.39 Å². The Morgan fingerprint density at radius 3 is 3.00 bits per heavy atom. The van der Waals surface area contributed by atoms with Crippen LogP contribution in [-0.4, -0.2) is 70.9 Å². The molecule has 1 aromatic rings. The Morgan fingerprint density at radius 1 is 1.48 bits per heavy atom. The Bertz CT molecular complexity index is 533. The standard InChI is InChI=1S/C15H22ClFN4O2/c16-14(17)15(22)21-3-1-2-11(10-21)13-12(8-18-19-13)9-20-4-6-23-7-5-20/h8,11,14H,1-7,9-10H2,(H,18,19). The number of amides is 1. The van der Waals surface area contributed by atoms with Crippen molar-refractivity contribution in [3.8, 4) is 0 Å². The zero-order valence-corrected chi connectivity index (χ0v) is 13.8. The van der Waals surface area contributed by atoms with Crippen molar-refractivity contribution in [2.24, 2.45) is 0 Å². The number of likely N-dealkylation sites (tertiary alicyclic amines) is 1. The van der Waals surface area contributed by atoms with Crippen molar-refractivity contribution in [3.63, 3.8) is 0 Å². The Balaban J connectivity index is 1.66. The number of carbonyl (C=O) groups is 1. The van der Waals surface area contributed by atoms with Crippen LogP contribution in [0.1, 0.15) is 30.0 Å². The third kappa shape index (κ3) is 4.02. The molecule has 2 aliphatic heterocycles. The molecule has 0 aliphatic carbocycles. The van der Waals surface area contributed by atoms with Crippen molar-refractivity contribution in [3.05, 3.63) is 17.5 Å². The molecule has 0 radical (unpaired) electrons. The molecular formula is C15H22ClFN4O2. The fraction of sp³-hybridized carbons (Fsp3) is 0.733. The minimum atomic E-state index is -1.96. The Kier molecular flexibility index (Phi) is 5.50. The first-order chi connectivity index (χ1) is 11.1. The van der Waals surface area contributed by atoms with Crippen molar-refractivity contribution in [1.82, 2.24) is 20.0 Å². The monoisotopic (exact) mass is 344 g/mol. The molecule has 2 saturated heterocycles. The van der Waals surface area contributed by atoms with Gasteiger partial charge in [0.1, 0.15) is 0 Å².